The van der Waals surface area contributed by atoms with E-state index in [0.717, 1.165) is 32.1 Å². The van der Waals surface area contributed by atoms with Crippen LogP contribution in [-0.2, 0) is 9.59 Å². The topological polar surface area (TPSA) is 69.6 Å². The summed E-state index contributed by atoms with van der Waals surface area (Å²) in [6.45, 7) is 5.21. The average Bonchev–Trinajstić information content (AvgIpc) is 2.30. The van der Waals surface area contributed by atoms with E-state index in [2.05, 4.69) is 5.32 Å². The summed E-state index contributed by atoms with van der Waals surface area (Å²) in [6, 6.07) is 0. The van der Waals surface area contributed by atoms with E-state index in [-0.39, 0.29) is 11.8 Å². The second-order valence-corrected chi connectivity index (χ2v) is 5.52. The first-order chi connectivity index (χ1) is 8.97. The van der Waals surface area contributed by atoms with Crippen molar-refractivity contribution >= 4 is 11.8 Å². The number of hydrogen-bond acceptors (Lipinski definition) is 3. The lowest BCUT2D eigenvalue weighted by Gasteiger charge is -2.46. The van der Waals surface area contributed by atoms with Crippen LogP contribution in [0.5, 0.6) is 0 Å². The number of likely N-dealkylation sites (tertiary alicyclic amines) is 1. The van der Waals surface area contributed by atoms with Gasteiger partial charge in [0.05, 0.1) is 18.7 Å². The number of carbonyl (C=O) groups excluding carboxylic acids is 2. The summed E-state index contributed by atoms with van der Waals surface area (Å²) in [5.41, 5.74) is -0.629. The van der Waals surface area contributed by atoms with Crippen LogP contribution in [0.15, 0.2) is 0 Å². The van der Waals surface area contributed by atoms with E-state index in [0.29, 0.717) is 26.1 Å². The van der Waals surface area contributed by atoms with Crippen LogP contribution in [-0.4, -0.2) is 47.1 Å². The Balaban J connectivity index is 2.02. The molecule has 1 fully saturated rings. The van der Waals surface area contributed by atoms with E-state index in [1.54, 1.807) is 4.90 Å². The van der Waals surface area contributed by atoms with Gasteiger partial charge in [-0.25, -0.2) is 0 Å². The Morgan fingerprint density at radius 2 is 1.95 bits per heavy atom. The van der Waals surface area contributed by atoms with Gasteiger partial charge in [-0.3, -0.25) is 9.59 Å². The number of carbonyl (C=O) groups is 2. The third-order valence-corrected chi connectivity index (χ3v) is 3.48. The summed E-state index contributed by atoms with van der Waals surface area (Å²) in [6.07, 6.45) is 4.96. The SMILES string of the molecule is CCCC1(O)CN(C(=O)CCCCCNC(C)=O)C1. The van der Waals surface area contributed by atoms with Gasteiger partial charge < -0.3 is 15.3 Å². The summed E-state index contributed by atoms with van der Waals surface area (Å²) >= 11 is 0. The van der Waals surface area contributed by atoms with E-state index < -0.39 is 5.60 Å². The highest BCUT2D eigenvalue weighted by atomic mass is 16.3. The van der Waals surface area contributed by atoms with Crippen molar-refractivity contribution in [3.63, 3.8) is 0 Å². The molecule has 0 atom stereocenters. The number of aliphatic hydroxyl groups is 1. The van der Waals surface area contributed by atoms with Crippen LogP contribution < -0.4 is 5.32 Å². The van der Waals surface area contributed by atoms with Crippen molar-refractivity contribution < 1.29 is 14.7 Å². The van der Waals surface area contributed by atoms with Crippen molar-refractivity contribution in [2.24, 2.45) is 0 Å². The fourth-order valence-electron chi connectivity index (χ4n) is 2.46. The minimum Gasteiger partial charge on any atom is -0.386 e. The minimum atomic E-state index is -0.629. The number of nitrogens with zero attached hydrogens (tertiary/aromatic N) is 1. The number of rotatable bonds is 8. The van der Waals surface area contributed by atoms with Gasteiger partial charge in [-0.2, -0.15) is 0 Å². The van der Waals surface area contributed by atoms with Crippen LogP contribution in [0, 0.1) is 0 Å². The van der Waals surface area contributed by atoms with E-state index in [1.807, 2.05) is 6.92 Å². The Kier molecular flexibility index (Phi) is 6.28. The highest BCUT2D eigenvalue weighted by Gasteiger charge is 2.42. The highest BCUT2D eigenvalue weighted by Crippen LogP contribution is 2.26. The molecule has 1 rings (SSSR count). The zero-order chi connectivity index (χ0) is 14.3. The first-order valence-corrected chi connectivity index (χ1v) is 7.21. The highest BCUT2D eigenvalue weighted by molar-refractivity contribution is 5.77. The zero-order valence-corrected chi connectivity index (χ0v) is 12.1. The van der Waals surface area contributed by atoms with Crippen LogP contribution in [0.2, 0.25) is 0 Å². The molecule has 5 heteroatoms. The first-order valence-electron chi connectivity index (χ1n) is 7.21. The lowest BCUT2D eigenvalue weighted by atomic mass is 9.89. The largest absolute Gasteiger partial charge is 0.386 e. The van der Waals surface area contributed by atoms with Crippen molar-refractivity contribution in [2.75, 3.05) is 19.6 Å². The van der Waals surface area contributed by atoms with Gasteiger partial charge in [0.25, 0.3) is 0 Å². The van der Waals surface area contributed by atoms with Gasteiger partial charge in [0.2, 0.25) is 11.8 Å². The molecule has 0 spiro atoms. The molecule has 0 unspecified atom stereocenters. The molecule has 19 heavy (non-hydrogen) atoms. The van der Waals surface area contributed by atoms with Crippen molar-refractivity contribution in [3.8, 4) is 0 Å². The van der Waals surface area contributed by atoms with Gasteiger partial charge in [-0.05, 0) is 19.3 Å². The third-order valence-electron chi connectivity index (χ3n) is 3.48. The van der Waals surface area contributed by atoms with Crippen LogP contribution >= 0.6 is 0 Å². The van der Waals surface area contributed by atoms with Crippen molar-refractivity contribution in [2.45, 2.75) is 58.0 Å². The van der Waals surface area contributed by atoms with E-state index in [1.165, 1.54) is 6.92 Å². The monoisotopic (exact) mass is 270 g/mol. The van der Waals surface area contributed by atoms with Crippen LogP contribution in [0.1, 0.15) is 52.4 Å². The molecule has 1 saturated heterocycles. The van der Waals surface area contributed by atoms with Crippen LogP contribution in [0.25, 0.3) is 0 Å². The fourth-order valence-corrected chi connectivity index (χ4v) is 2.46. The smallest absolute Gasteiger partial charge is 0.222 e. The maximum absolute atomic E-state index is 11.8. The summed E-state index contributed by atoms with van der Waals surface area (Å²) in [7, 11) is 0. The molecule has 0 bridgehead atoms. The molecule has 110 valence electrons. The molecule has 0 aromatic heterocycles. The Labute approximate surface area is 115 Å². The van der Waals surface area contributed by atoms with Gasteiger partial charge in [-0.1, -0.05) is 19.8 Å². The average molecular weight is 270 g/mol. The van der Waals surface area contributed by atoms with Gasteiger partial charge >= 0.3 is 0 Å². The van der Waals surface area contributed by atoms with E-state index in [4.69, 9.17) is 0 Å². The molecule has 0 saturated carbocycles. The lowest BCUT2D eigenvalue weighted by molar-refractivity contribution is -0.156. The molecular formula is C14H26N2O3. The minimum absolute atomic E-state index is 0.00753. The normalized spacial score (nSPS) is 16.9. The Bertz CT molecular complexity index is 312. The van der Waals surface area contributed by atoms with Crippen molar-refractivity contribution in [3.05, 3.63) is 0 Å². The van der Waals surface area contributed by atoms with Crippen LogP contribution in [0.3, 0.4) is 0 Å². The Morgan fingerprint density at radius 1 is 1.26 bits per heavy atom. The molecule has 1 heterocycles. The molecule has 2 amide bonds. The zero-order valence-electron chi connectivity index (χ0n) is 12.1. The van der Waals surface area contributed by atoms with Crippen molar-refractivity contribution in [1.82, 2.24) is 10.2 Å². The molecule has 0 aromatic rings. The lowest BCUT2D eigenvalue weighted by Crippen LogP contribution is -2.63. The number of amides is 2. The van der Waals surface area contributed by atoms with E-state index in [9.17, 15) is 14.7 Å². The Morgan fingerprint density at radius 3 is 2.53 bits per heavy atom. The van der Waals surface area contributed by atoms with Gasteiger partial charge in [-0.15, -0.1) is 0 Å². The summed E-state index contributed by atoms with van der Waals surface area (Å²) in [5.74, 6) is 0.132. The number of β-amino-alcohol motifs (C(OH)–C–C–N with tert-alkyl or cyclic N) is 1. The second-order valence-electron chi connectivity index (χ2n) is 5.52. The molecule has 1 aliphatic rings. The number of nitrogens with one attached hydrogen (secondary N) is 1. The molecule has 0 radical (unpaired) electrons. The molecular weight excluding hydrogens is 244 g/mol. The molecule has 0 aromatic carbocycles. The molecule has 2 N–H and O–H groups in total. The Hall–Kier alpha value is -1.10. The predicted molar refractivity (Wildman–Crippen MR) is 73.6 cm³/mol. The first kappa shape index (κ1) is 16.0. The van der Waals surface area contributed by atoms with Crippen molar-refractivity contribution in [1.29, 1.82) is 0 Å². The third kappa shape index (κ3) is 5.59. The molecule has 1 aliphatic heterocycles. The summed E-state index contributed by atoms with van der Waals surface area (Å²) < 4.78 is 0. The maximum Gasteiger partial charge on any atom is 0.222 e. The second kappa shape index (κ2) is 7.48. The van der Waals surface area contributed by atoms with Gasteiger partial charge in [0, 0.05) is 19.9 Å². The van der Waals surface area contributed by atoms with Crippen LogP contribution in [0.4, 0.5) is 0 Å². The summed E-state index contributed by atoms with van der Waals surface area (Å²) in [4.78, 5) is 24.2. The maximum atomic E-state index is 11.8. The van der Waals surface area contributed by atoms with Gasteiger partial charge in [0.15, 0.2) is 0 Å². The molecule has 5 nitrogen and oxygen atoms in total. The number of hydrogen-bond donors (Lipinski definition) is 2. The predicted octanol–water partition coefficient (Wildman–Crippen LogP) is 1.06. The number of unbranched alkanes of at least 4 members (excludes halogenated alkanes) is 2. The standard InChI is InChI=1S/C14H26N2O3/c1-3-8-14(19)10-16(11-14)13(18)7-5-4-6-9-15-12(2)17/h19H,3-11H2,1-2H3,(H,15,17). The van der Waals surface area contributed by atoms with Gasteiger partial charge in [0.1, 0.15) is 0 Å². The van der Waals surface area contributed by atoms with E-state index >= 15 is 0 Å². The fraction of sp³-hybridized carbons (Fsp3) is 0.857. The summed E-state index contributed by atoms with van der Waals surface area (Å²) in [5, 5.41) is 12.7. The quantitative estimate of drug-likeness (QED) is 0.648. The molecule has 0 aliphatic carbocycles.